The number of amides is 2. The molecule has 0 spiro atoms. The van der Waals surface area contributed by atoms with Crippen molar-refractivity contribution in [3.05, 3.63) is 76.2 Å². The van der Waals surface area contributed by atoms with E-state index in [1.54, 1.807) is 47.4 Å². The highest BCUT2D eigenvalue weighted by atomic mass is 32.2. The first kappa shape index (κ1) is 20.6. The Bertz CT molecular complexity index is 998. The van der Waals surface area contributed by atoms with E-state index < -0.39 is 0 Å². The average Bonchev–Trinajstić information content (AvgIpc) is 3.47. The summed E-state index contributed by atoms with van der Waals surface area (Å²) in [4.78, 5) is 30.8. The Hall–Kier alpha value is -2.64. The lowest BCUT2D eigenvalue weighted by molar-refractivity contribution is 0.0939. The van der Waals surface area contributed by atoms with Crippen LogP contribution < -0.4 is 10.6 Å². The number of para-hydroxylation sites is 1. The molecule has 2 amide bonds. The van der Waals surface area contributed by atoms with E-state index in [0.29, 0.717) is 16.8 Å². The quantitative estimate of drug-likeness (QED) is 0.488. The SMILES string of the molecule is O=C(Nc1ccccc1C(=O)NC1CCCC1)c1ccc(SCc2cscn2)cc1. The minimum Gasteiger partial charge on any atom is -0.349 e. The number of nitrogens with one attached hydrogen (secondary N) is 2. The van der Waals surface area contributed by atoms with E-state index in [1.807, 2.05) is 35.2 Å². The molecule has 5 nitrogen and oxygen atoms in total. The fourth-order valence-corrected chi connectivity index (χ4v) is 4.95. The van der Waals surface area contributed by atoms with Crippen LogP contribution in [0.1, 0.15) is 52.1 Å². The highest BCUT2D eigenvalue weighted by Gasteiger charge is 2.20. The maximum Gasteiger partial charge on any atom is 0.255 e. The molecule has 7 heteroatoms. The second-order valence-corrected chi connectivity index (χ2v) is 9.01. The van der Waals surface area contributed by atoms with Crippen LogP contribution in [0.4, 0.5) is 5.69 Å². The fourth-order valence-electron chi connectivity index (χ4n) is 3.49. The molecule has 0 aliphatic heterocycles. The lowest BCUT2D eigenvalue weighted by Gasteiger charge is -2.15. The summed E-state index contributed by atoms with van der Waals surface area (Å²) >= 11 is 3.27. The number of nitrogens with zero attached hydrogens (tertiary/aromatic N) is 1. The van der Waals surface area contributed by atoms with Gasteiger partial charge in [-0.2, -0.15) is 0 Å². The lowest BCUT2D eigenvalue weighted by atomic mass is 10.1. The van der Waals surface area contributed by atoms with Crippen LogP contribution in [0.3, 0.4) is 0 Å². The number of benzene rings is 2. The molecule has 1 aliphatic rings. The highest BCUT2D eigenvalue weighted by Crippen LogP contribution is 2.24. The largest absolute Gasteiger partial charge is 0.349 e. The summed E-state index contributed by atoms with van der Waals surface area (Å²) in [5.41, 5.74) is 4.46. The Kier molecular flexibility index (Phi) is 6.81. The van der Waals surface area contributed by atoms with E-state index in [9.17, 15) is 9.59 Å². The first-order chi connectivity index (χ1) is 14.7. The maximum absolute atomic E-state index is 12.7. The molecule has 4 rings (SSSR count). The maximum atomic E-state index is 12.7. The Labute approximate surface area is 184 Å². The van der Waals surface area contributed by atoms with Crippen molar-refractivity contribution in [2.24, 2.45) is 0 Å². The van der Waals surface area contributed by atoms with E-state index >= 15 is 0 Å². The van der Waals surface area contributed by atoms with Gasteiger partial charge in [-0.1, -0.05) is 25.0 Å². The predicted octanol–water partition coefficient (Wildman–Crippen LogP) is 5.36. The van der Waals surface area contributed by atoms with Gasteiger partial charge in [0, 0.05) is 27.6 Å². The van der Waals surface area contributed by atoms with E-state index in [4.69, 9.17) is 0 Å². The van der Waals surface area contributed by atoms with Gasteiger partial charge in [-0.3, -0.25) is 9.59 Å². The zero-order chi connectivity index (χ0) is 20.8. The predicted molar refractivity (Wildman–Crippen MR) is 122 cm³/mol. The molecule has 1 aromatic heterocycles. The molecule has 0 atom stereocenters. The van der Waals surface area contributed by atoms with Crippen molar-refractivity contribution in [1.29, 1.82) is 0 Å². The molecular formula is C23H23N3O2S2. The molecule has 0 bridgehead atoms. The van der Waals surface area contributed by atoms with Crippen LogP contribution in [-0.4, -0.2) is 22.8 Å². The van der Waals surface area contributed by atoms with Crippen LogP contribution >= 0.6 is 23.1 Å². The number of aromatic nitrogens is 1. The van der Waals surface area contributed by atoms with Gasteiger partial charge in [-0.05, 0) is 49.2 Å². The van der Waals surface area contributed by atoms with Gasteiger partial charge in [0.05, 0.1) is 22.5 Å². The first-order valence-corrected chi connectivity index (χ1v) is 11.9. The third-order valence-corrected chi connectivity index (χ3v) is 6.78. The van der Waals surface area contributed by atoms with Crippen molar-refractivity contribution in [3.63, 3.8) is 0 Å². The van der Waals surface area contributed by atoms with E-state index in [-0.39, 0.29) is 17.9 Å². The third kappa shape index (κ3) is 5.29. The summed E-state index contributed by atoms with van der Waals surface area (Å²) < 4.78 is 0. The molecule has 1 saturated carbocycles. The number of carbonyl (C=O) groups excluding carboxylic acids is 2. The average molecular weight is 438 g/mol. The van der Waals surface area contributed by atoms with E-state index in [1.165, 1.54) is 0 Å². The number of anilines is 1. The van der Waals surface area contributed by atoms with Gasteiger partial charge in [-0.25, -0.2) is 4.98 Å². The van der Waals surface area contributed by atoms with Crippen molar-refractivity contribution >= 4 is 40.6 Å². The zero-order valence-corrected chi connectivity index (χ0v) is 18.1. The van der Waals surface area contributed by atoms with Gasteiger partial charge in [0.25, 0.3) is 11.8 Å². The topological polar surface area (TPSA) is 71.1 Å². The van der Waals surface area contributed by atoms with Gasteiger partial charge in [0.2, 0.25) is 0 Å². The second-order valence-electron chi connectivity index (χ2n) is 7.25. The summed E-state index contributed by atoms with van der Waals surface area (Å²) in [5, 5.41) is 8.01. The summed E-state index contributed by atoms with van der Waals surface area (Å²) in [6.45, 7) is 0. The fraction of sp³-hybridized carbons (Fsp3) is 0.261. The van der Waals surface area contributed by atoms with Crippen molar-refractivity contribution in [3.8, 4) is 0 Å². The Morgan fingerprint density at radius 2 is 1.80 bits per heavy atom. The molecular weight excluding hydrogens is 414 g/mol. The van der Waals surface area contributed by atoms with Crippen molar-refractivity contribution in [2.45, 2.75) is 42.4 Å². The van der Waals surface area contributed by atoms with Crippen LogP contribution in [0.15, 0.2) is 64.3 Å². The zero-order valence-electron chi connectivity index (χ0n) is 16.5. The minimum atomic E-state index is -0.229. The molecule has 1 fully saturated rings. The summed E-state index contributed by atoms with van der Waals surface area (Å²) in [6.07, 6.45) is 4.35. The van der Waals surface area contributed by atoms with Crippen LogP contribution in [0, 0.1) is 0 Å². The number of carbonyl (C=O) groups is 2. The van der Waals surface area contributed by atoms with Gasteiger partial charge in [0.1, 0.15) is 0 Å². The normalized spacial score (nSPS) is 13.9. The molecule has 0 radical (unpaired) electrons. The molecule has 1 aliphatic carbocycles. The number of thiazole rings is 1. The smallest absolute Gasteiger partial charge is 0.255 e. The standard InChI is InChI=1S/C23H23N3O2S2/c27-22(16-9-11-19(12-10-16)30-14-18-13-29-15-24-18)26-21-8-4-3-7-20(21)23(28)25-17-5-1-2-6-17/h3-4,7-13,15,17H,1-2,5-6,14H2,(H,25,28)(H,26,27). The Balaban J connectivity index is 1.39. The van der Waals surface area contributed by atoms with Gasteiger partial charge < -0.3 is 10.6 Å². The number of rotatable bonds is 7. The third-order valence-electron chi connectivity index (χ3n) is 5.10. The number of thioether (sulfide) groups is 1. The van der Waals surface area contributed by atoms with Crippen LogP contribution in [0.5, 0.6) is 0 Å². The van der Waals surface area contributed by atoms with Crippen molar-refractivity contribution in [2.75, 3.05) is 5.32 Å². The molecule has 2 aromatic carbocycles. The number of hydrogen-bond donors (Lipinski definition) is 2. The van der Waals surface area contributed by atoms with Crippen LogP contribution in [0.2, 0.25) is 0 Å². The molecule has 154 valence electrons. The van der Waals surface area contributed by atoms with Crippen LogP contribution in [0.25, 0.3) is 0 Å². The summed E-state index contributed by atoms with van der Waals surface area (Å²) in [7, 11) is 0. The molecule has 0 saturated heterocycles. The molecule has 1 heterocycles. The summed E-state index contributed by atoms with van der Waals surface area (Å²) in [6, 6.07) is 14.9. The van der Waals surface area contributed by atoms with E-state index in [2.05, 4.69) is 15.6 Å². The van der Waals surface area contributed by atoms with Crippen molar-refractivity contribution in [1.82, 2.24) is 10.3 Å². The summed E-state index contributed by atoms with van der Waals surface area (Å²) in [5.74, 6) is 0.442. The van der Waals surface area contributed by atoms with Gasteiger partial charge >= 0.3 is 0 Å². The molecule has 30 heavy (non-hydrogen) atoms. The van der Waals surface area contributed by atoms with Crippen molar-refractivity contribution < 1.29 is 9.59 Å². The minimum absolute atomic E-state index is 0.133. The Morgan fingerprint density at radius 1 is 1.03 bits per heavy atom. The monoisotopic (exact) mass is 437 g/mol. The van der Waals surface area contributed by atoms with Crippen LogP contribution in [-0.2, 0) is 5.75 Å². The Morgan fingerprint density at radius 3 is 2.53 bits per heavy atom. The van der Waals surface area contributed by atoms with Gasteiger partial charge in [0.15, 0.2) is 0 Å². The number of hydrogen-bond acceptors (Lipinski definition) is 5. The molecule has 0 unspecified atom stereocenters. The van der Waals surface area contributed by atoms with Gasteiger partial charge in [-0.15, -0.1) is 23.1 Å². The highest BCUT2D eigenvalue weighted by molar-refractivity contribution is 7.98. The second kappa shape index (κ2) is 9.91. The lowest BCUT2D eigenvalue weighted by Crippen LogP contribution is -2.33. The van der Waals surface area contributed by atoms with E-state index in [0.717, 1.165) is 42.0 Å². The molecule has 3 aromatic rings. The first-order valence-electron chi connectivity index (χ1n) is 10.0. The molecule has 2 N–H and O–H groups in total.